The number of carbonyl (C=O) groups excluding carboxylic acids is 1. The van der Waals surface area contributed by atoms with Gasteiger partial charge in [0, 0.05) is 11.6 Å². The van der Waals surface area contributed by atoms with Crippen molar-refractivity contribution in [2.24, 2.45) is 0 Å². The minimum atomic E-state index is -0.226. The Kier molecular flexibility index (Phi) is 3.47. The average Bonchev–Trinajstić information content (AvgIpc) is 2.89. The molecule has 0 unspecified atom stereocenters. The van der Waals surface area contributed by atoms with Gasteiger partial charge in [0.1, 0.15) is 17.7 Å². The van der Waals surface area contributed by atoms with E-state index in [4.69, 9.17) is 10.5 Å². The first-order valence-electron chi connectivity index (χ1n) is 5.31. The zero-order valence-corrected chi connectivity index (χ0v) is 9.84. The van der Waals surface area contributed by atoms with Crippen LogP contribution in [0.5, 0.6) is 5.75 Å². The number of rotatable bonds is 4. The Balaban J connectivity index is 2.04. The van der Waals surface area contributed by atoms with Crippen LogP contribution in [0, 0.1) is 0 Å². The molecule has 2 aromatic rings. The zero-order valence-electron chi connectivity index (χ0n) is 9.84. The van der Waals surface area contributed by atoms with Crippen molar-refractivity contribution < 1.29 is 14.1 Å². The van der Waals surface area contributed by atoms with Gasteiger partial charge in [0.05, 0.1) is 19.3 Å². The molecule has 0 spiro atoms. The van der Waals surface area contributed by atoms with Gasteiger partial charge in [0.15, 0.2) is 0 Å². The van der Waals surface area contributed by atoms with Crippen molar-refractivity contribution in [3.8, 4) is 5.75 Å². The van der Waals surface area contributed by atoms with E-state index in [0.717, 1.165) is 0 Å². The summed E-state index contributed by atoms with van der Waals surface area (Å²) < 4.78 is 9.72. The topological polar surface area (TPSA) is 90.4 Å². The van der Waals surface area contributed by atoms with Crippen molar-refractivity contribution in [2.45, 2.75) is 6.54 Å². The molecule has 0 atom stereocenters. The maximum Gasteiger partial charge on any atom is 0.251 e. The molecule has 0 fully saturated rings. The number of carbonyl (C=O) groups is 1. The largest absolute Gasteiger partial charge is 0.495 e. The monoisotopic (exact) mass is 247 g/mol. The quantitative estimate of drug-likeness (QED) is 0.792. The first-order chi connectivity index (χ1) is 8.70. The van der Waals surface area contributed by atoms with Crippen LogP contribution in [0.1, 0.15) is 16.1 Å². The summed E-state index contributed by atoms with van der Waals surface area (Å²) in [5.74, 6) is 0.250. The van der Waals surface area contributed by atoms with Gasteiger partial charge >= 0.3 is 0 Å². The van der Waals surface area contributed by atoms with Crippen LogP contribution in [0.4, 0.5) is 5.69 Å². The standard InChI is InChI=1S/C12H13N3O3/c1-17-11-6-8(2-3-10(11)13)12(16)14-7-9-4-5-18-15-9/h2-6H,7,13H2,1H3,(H,14,16). The van der Waals surface area contributed by atoms with Crippen molar-refractivity contribution in [1.29, 1.82) is 0 Å². The fraction of sp³-hybridized carbons (Fsp3) is 0.167. The molecule has 1 aromatic carbocycles. The lowest BCUT2D eigenvalue weighted by Gasteiger charge is -2.07. The van der Waals surface area contributed by atoms with Gasteiger partial charge in [-0.15, -0.1) is 0 Å². The van der Waals surface area contributed by atoms with Gasteiger partial charge in [-0.3, -0.25) is 4.79 Å². The summed E-state index contributed by atoms with van der Waals surface area (Å²) in [7, 11) is 1.50. The van der Waals surface area contributed by atoms with E-state index in [9.17, 15) is 4.79 Å². The molecule has 0 aliphatic carbocycles. The van der Waals surface area contributed by atoms with Crippen molar-refractivity contribution in [2.75, 3.05) is 12.8 Å². The van der Waals surface area contributed by atoms with Crippen LogP contribution in [0.3, 0.4) is 0 Å². The van der Waals surface area contributed by atoms with E-state index in [1.54, 1.807) is 24.3 Å². The van der Waals surface area contributed by atoms with Crippen LogP contribution >= 0.6 is 0 Å². The zero-order chi connectivity index (χ0) is 13.0. The number of benzene rings is 1. The SMILES string of the molecule is COc1cc(C(=O)NCc2ccon2)ccc1N. The highest BCUT2D eigenvalue weighted by Crippen LogP contribution is 2.21. The summed E-state index contributed by atoms with van der Waals surface area (Å²) in [5.41, 5.74) is 7.30. The van der Waals surface area contributed by atoms with Gasteiger partial charge in [-0.2, -0.15) is 0 Å². The Labute approximate surface area is 104 Å². The molecule has 3 N–H and O–H groups in total. The van der Waals surface area contributed by atoms with E-state index < -0.39 is 0 Å². The summed E-state index contributed by atoms with van der Waals surface area (Å²) in [4.78, 5) is 11.9. The predicted molar refractivity (Wildman–Crippen MR) is 65.1 cm³/mol. The molecule has 1 heterocycles. The number of amides is 1. The number of ether oxygens (including phenoxy) is 1. The Bertz CT molecular complexity index is 538. The molecule has 2 rings (SSSR count). The molecule has 6 heteroatoms. The molecule has 1 amide bonds. The van der Waals surface area contributed by atoms with E-state index in [1.807, 2.05) is 0 Å². The number of hydrogen-bond acceptors (Lipinski definition) is 5. The molecule has 18 heavy (non-hydrogen) atoms. The number of anilines is 1. The fourth-order valence-corrected chi connectivity index (χ4v) is 1.45. The number of nitrogen functional groups attached to an aromatic ring is 1. The van der Waals surface area contributed by atoms with Crippen molar-refractivity contribution in [3.05, 3.63) is 41.8 Å². The van der Waals surface area contributed by atoms with E-state index in [2.05, 4.69) is 15.0 Å². The number of nitrogens with zero attached hydrogens (tertiary/aromatic N) is 1. The Morgan fingerprint density at radius 3 is 3.00 bits per heavy atom. The van der Waals surface area contributed by atoms with Gasteiger partial charge < -0.3 is 20.3 Å². The normalized spacial score (nSPS) is 10.1. The van der Waals surface area contributed by atoms with Gasteiger partial charge in [0.25, 0.3) is 5.91 Å². The van der Waals surface area contributed by atoms with Crippen molar-refractivity contribution in [1.82, 2.24) is 10.5 Å². The number of nitrogens with one attached hydrogen (secondary N) is 1. The molecule has 94 valence electrons. The second-order valence-corrected chi connectivity index (χ2v) is 3.63. The number of aromatic nitrogens is 1. The number of hydrogen-bond donors (Lipinski definition) is 2. The maximum absolute atomic E-state index is 11.9. The molecule has 0 bridgehead atoms. The number of nitrogens with two attached hydrogens (primary N) is 1. The Morgan fingerprint density at radius 1 is 1.50 bits per heavy atom. The number of methoxy groups -OCH3 is 1. The molecule has 1 aromatic heterocycles. The summed E-state index contributed by atoms with van der Waals surface area (Å²) in [6.07, 6.45) is 1.45. The van der Waals surface area contributed by atoms with Crippen molar-refractivity contribution >= 4 is 11.6 Å². The third-order valence-electron chi connectivity index (χ3n) is 2.42. The van der Waals surface area contributed by atoms with Crippen LogP contribution in [-0.4, -0.2) is 18.2 Å². The van der Waals surface area contributed by atoms with Gasteiger partial charge in [-0.25, -0.2) is 0 Å². The smallest absolute Gasteiger partial charge is 0.251 e. The first-order valence-corrected chi connectivity index (χ1v) is 5.31. The van der Waals surface area contributed by atoms with Crippen LogP contribution in [-0.2, 0) is 6.54 Å². The van der Waals surface area contributed by atoms with Gasteiger partial charge in [-0.1, -0.05) is 5.16 Å². The van der Waals surface area contributed by atoms with E-state index in [-0.39, 0.29) is 5.91 Å². The summed E-state index contributed by atoms with van der Waals surface area (Å²) in [5, 5.41) is 6.41. The predicted octanol–water partition coefficient (Wildman–Crippen LogP) is 1.20. The van der Waals surface area contributed by atoms with E-state index in [1.165, 1.54) is 13.4 Å². The summed E-state index contributed by atoms with van der Waals surface area (Å²) in [6.45, 7) is 0.308. The highest BCUT2D eigenvalue weighted by Gasteiger charge is 2.09. The minimum absolute atomic E-state index is 0.226. The molecule has 6 nitrogen and oxygen atoms in total. The second kappa shape index (κ2) is 5.22. The highest BCUT2D eigenvalue weighted by atomic mass is 16.5. The Morgan fingerprint density at radius 2 is 2.33 bits per heavy atom. The molecular formula is C12H13N3O3. The van der Waals surface area contributed by atoms with E-state index in [0.29, 0.717) is 29.2 Å². The molecule has 0 radical (unpaired) electrons. The Hall–Kier alpha value is -2.50. The summed E-state index contributed by atoms with van der Waals surface area (Å²) >= 11 is 0. The second-order valence-electron chi connectivity index (χ2n) is 3.63. The maximum atomic E-state index is 11.9. The van der Waals surface area contributed by atoms with Crippen LogP contribution < -0.4 is 15.8 Å². The average molecular weight is 247 g/mol. The molecular weight excluding hydrogens is 234 g/mol. The highest BCUT2D eigenvalue weighted by molar-refractivity contribution is 5.95. The third kappa shape index (κ3) is 2.60. The van der Waals surface area contributed by atoms with Crippen LogP contribution in [0.15, 0.2) is 35.1 Å². The van der Waals surface area contributed by atoms with E-state index >= 15 is 0 Å². The van der Waals surface area contributed by atoms with Gasteiger partial charge in [-0.05, 0) is 18.2 Å². The lowest BCUT2D eigenvalue weighted by molar-refractivity contribution is 0.0950. The van der Waals surface area contributed by atoms with Gasteiger partial charge in [0.2, 0.25) is 0 Å². The minimum Gasteiger partial charge on any atom is -0.495 e. The molecule has 0 aliphatic rings. The van der Waals surface area contributed by atoms with Crippen LogP contribution in [0.2, 0.25) is 0 Å². The molecule has 0 aliphatic heterocycles. The van der Waals surface area contributed by atoms with Crippen molar-refractivity contribution in [3.63, 3.8) is 0 Å². The lowest BCUT2D eigenvalue weighted by atomic mass is 10.2. The third-order valence-corrected chi connectivity index (χ3v) is 2.42. The fourth-order valence-electron chi connectivity index (χ4n) is 1.45. The molecule has 0 saturated heterocycles. The van der Waals surface area contributed by atoms with Crippen LogP contribution in [0.25, 0.3) is 0 Å². The molecule has 0 saturated carbocycles. The first kappa shape index (κ1) is 12.0. The summed E-state index contributed by atoms with van der Waals surface area (Å²) in [6, 6.07) is 6.54. The lowest BCUT2D eigenvalue weighted by Crippen LogP contribution is -2.23.